The summed E-state index contributed by atoms with van der Waals surface area (Å²) >= 11 is 5.18. The van der Waals surface area contributed by atoms with Gasteiger partial charge in [-0.2, -0.15) is 5.26 Å². The summed E-state index contributed by atoms with van der Waals surface area (Å²) in [5.41, 5.74) is 2.09. The minimum absolute atomic E-state index is 0.149. The molecule has 0 radical (unpaired) electrons. The lowest BCUT2D eigenvalue weighted by Crippen LogP contribution is -2.12. The Balaban J connectivity index is 1.93. The first kappa shape index (κ1) is 17.7. The van der Waals surface area contributed by atoms with Gasteiger partial charge in [-0.25, -0.2) is 0 Å². The van der Waals surface area contributed by atoms with E-state index in [1.165, 1.54) is 4.88 Å². The van der Waals surface area contributed by atoms with Gasteiger partial charge in [-0.05, 0) is 56.9 Å². The molecule has 4 aromatic rings. The summed E-state index contributed by atoms with van der Waals surface area (Å²) in [6.45, 7) is 2.09. The van der Waals surface area contributed by atoms with E-state index >= 15 is 0 Å². The number of nitriles is 1. The first-order valence-corrected chi connectivity index (χ1v) is 10.2. The third-order valence-corrected chi connectivity index (χ3v) is 6.83. The number of benzene rings is 2. The quantitative estimate of drug-likeness (QED) is 0.422. The number of thiophene rings is 1. The van der Waals surface area contributed by atoms with Gasteiger partial charge in [0, 0.05) is 25.5 Å². The van der Waals surface area contributed by atoms with Crippen LogP contribution >= 0.6 is 27.3 Å². The van der Waals surface area contributed by atoms with Crippen molar-refractivity contribution in [2.75, 3.05) is 0 Å². The first-order chi connectivity index (χ1) is 13.1. The minimum Gasteiger partial charge on any atom is -0.321 e. The number of pyridine rings is 1. The predicted octanol–water partition coefficient (Wildman–Crippen LogP) is 6.12. The third kappa shape index (κ3) is 3.23. The first-order valence-electron chi connectivity index (χ1n) is 8.56. The highest BCUT2D eigenvalue weighted by Crippen LogP contribution is 2.37. The smallest absolute Gasteiger partial charge is 0.267 e. The molecule has 0 unspecified atom stereocenters. The maximum absolute atomic E-state index is 12.6. The van der Waals surface area contributed by atoms with E-state index in [-0.39, 0.29) is 11.1 Å². The predicted molar refractivity (Wildman–Crippen MR) is 115 cm³/mol. The van der Waals surface area contributed by atoms with Gasteiger partial charge in [0.1, 0.15) is 11.6 Å². The Kier molecular flexibility index (Phi) is 4.69. The Bertz CT molecular complexity index is 1260. The molecule has 0 aliphatic carbocycles. The summed E-state index contributed by atoms with van der Waals surface area (Å²) in [5.74, 6) is 0. The number of halogens is 1. The Morgan fingerprint density at radius 1 is 1.11 bits per heavy atom. The lowest BCUT2D eigenvalue weighted by atomic mass is 10.0. The van der Waals surface area contributed by atoms with E-state index in [1.54, 1.807) is 11.3 Å². The van der Waals surface area contributed by atoms with Gasteiger partial charge in [0.05, 0.1) is 0 Å². The Morgan fingerprint density at radius 2 is 1.89 bits per heavy atom. The summed E-state index contributed by atoms with van der Waals surface area (Å²) in [4.78, 5) is 17.6. The zero-order chi connectivity index (χ0) is 19.0. The Hall–Kier alpha value is -2.68. The van der Waals surface area contributed by atoms with Crippen LogP contribution in [0.15, 0.2) is 63.9 Å². The van der Waals surface area contributed by atoms with Crippen molar-refractivity contribution in [3.63, 3.8) is 0 Å². The van der Waals surface area contributed by atoms with E-state index in [9.17, 15) is 10.1 Å². The fourth-order valence-electron chi connectivity index (χ4n) is 3.16. The fourth-order valence-corrected chi connectivity index (χ4v) is 5.08. The molecule has 0 bridgehead atoms. The van der Waals surface area contributed by atoms with E-state index in [2.05, 4.69) is 46.0 Å². The van der Waals surface area contributed by atoms with Crippen molar-refractivity contribution in [3.05, 3.63) is 79.9 Å². The molecule has 27 heavy (non-hydrogen) atoms. The zero-order valence-electron chi connectivity index (χ0n) is 14.5. The van der Waals surface area contributed by atoms with Crippen LogP contribution in [0.2, 0.25) is 0 Å². The second kappa shape index (κ2) is 7.15. The van der Waals surface area contributed by atoms with E-state index in [0.717, 1.165) is 32.1 Å². The van der Waals surface area contributed by atoms with Crippen molar-refractivity contribution in [1.82, 2.24) is 4.98 Å². The molecule has 0 saturated carbocycles. The molecule has 132 valence electrons. The van der Waals surface area contributed by atoms with Crippen molar-refractivity contribution < 1.29 is 0 Å². The second-order valence-electron chi connectivity index (χ2n) is 6.21. The molecule has 5 heteroatoms. The number of nitrogens with zero attached hydrogens (tertiary/aromatic N) is 1. The lowest BCUT2D eigenvalue weighted by molar-refractivity contribution is 1.18. The highest BCUT2D eigenvalue weighted by molar-refractivity contribution is 9.10. The maximum atomic E-state index is 12.6. The van der Waals surface area contributed by atoms with Crippen molar-refractivity contribution in [2.45, 2.75) is 13.3 Å². The summed E-state index contributed by atoms with van der Waals surface area (Å²) in [6.07, 6.45) is 0.897. The van der Waals surface area contributed by atoms with Crippen LogP contribution in [0.4, 0.5) is 0 Å². The number of aryl methyl sites for hydroxylation is 1. The molecule has 0 fully saturated rings. The molecule has 1 N–H and O–H groups in total. The van der Waals surface area contributed by atoms with E-state index < -0.39 is 0 Å². The number of aromatic nitrogens is 1. The fraction of sp³-hybridized carbons (Fsp3) is 0.0909. The van der Waals surface area contributed by atoms with Crippen LogP contribution in [0.5, 0.6) is 0 Å². The third-order valence-electron chi connectivity index (χ3n) is 4.55. The topological polar surface area (TPSA) is 56.6 Å². The van der Waals surface area contributed by atoms with Gasteiger partial charge in [0.25, 0.3) is 5.56 Å². The number of H-pyrrole nitrogens is 1. The van der Waals surface area contributed by atoms with Crippen molar-refractivity contribution in [3.8, 4) is 27.8 Å². The van der Waals surface area contributed by atoms with Gasteiger partial charge in [0.2, 0.25) is 0 Å². The molecule has 2 heterocycles. The minimum atomic E-state index is -0.360. The molecule has 3 nitrogen and oxygen atoms in total. The van der Waals surface area contributed by atoms with Crippen LogP contribution in [0.1, 0.15) is 17.4 Å². The van der Waals surface area contributed by atoms with Gasteiger partial charge >= 0.3 is 0 Å². The Labute approximate surface area is 169 Å². The van der Waals surface area contributed by atoms with Gasteiger partial charge in [0.15, 0.2) is 0 Å². The molecule has 0 aliphatic rings. The second-order valence-corrected chi connectivity index (χ2v) is 8.20. The van der Waals surface area contributed by atoms with E-state index in [1.807, 2.05) is 42.5 Å². The maximum Gasteiger partial charge on any atom is 0.267 e. The van der Waals surface area contributed by atoms with Gasteiger partial charge in [-0.15, -0.1) is 11.3 Å². The normalized spacial score (nSPS) is 10.9. The summed E-state index contributed by atoms with van der Waals surface area (Å²) < 4.78 is 1.02. The highest BCUT2D eigenvalue weighted by Gasteiger charge is 2.16. The van der Waals surface area contributed by atoms with Gasteiger partial charge in [-0.1, -0.05) is 43.3 Å². The van der Waals surface area contributed by atoms with Crippen LogP contribution in [0.25, 0.3) is 32.5 Å². The number of fused-ring (bicyclic) bond motifs is 1. The van der Waals surface area contributed by atoms with Crippen LogP contribution in [-0.2, 0) is 6.42 Å². The van der Waals surface area contributed by atoms with Gasteiger partial charge < -0.3 is 4.98 Å². The van der Waals surface area contributed by atoms with Crippen LogP contribution in [0, 0.1) is 11.3 Å². The monoisotopic (exact) mass is 434 g/mol. The van der Waals surface area contributed by atoms with Crippen molar-refractivity contribution in [1.29, 1.82) is 5.26 Å². The average molecular weight is 435 g/mol. The molecule has 0 aliphatic heterocycles. The molecule has 0 atom stereocenters. The van der Waals surface area contributed by atoms with Crippen LogP contribution in [0.3, 0.4) is 0 Å². The standard InChI is InChI=1S/C22H15BrN2OS/c1-2-20-18(23)11-21(27-20)16-10-19(25-22(26)17(16)12-24)15-8-7-13-5-3-4-6-14(13)9-15/h3-11H,2H2,1H3,(H,25,26). The summed E-state index contributed by atoms with van der Waals surface area (Å²) in [7, 11) is 0. The SMILES string of the molecule is CCc1sc(-c2cc(-c3ccc4ccccc4c3)[nH]c(=O)c2C#N)cc1Br. The van der Waals surface area contributed by atoms with Crippen molar-refractivity contribution >= 4 is 38.0 Å². The molecule has 4 rings (SSSR count). The largest absolute Gasteiger partial charge is 0.321 e. The average Bonchev–Trinajstić information content (AvgIpc) is 3.07. The highest BCUT2D eigenvalue weighted by atomic mass is 79.9. The zero-order valence-corrected chi connectivity index (χ0v) is 16.9. The molecule has 0 amide bonds. The van der Waals surface area contributed by atoms with Crippen molar-refractivity contribution in [2.24, 2.45) is 0 Å². The number of hydrogen-bond donors (Lipinski definition) is 1. The number of rotatable bonds is 3. The van der Waals surface area contributed by atoms with E-state index in [4.69, 9.17) is 0 Å². The number of hydrogen-bond acceptors (Lipinski definition) is 3. The lowest BCUT2D eigenvalue weighted by Gasteiger charge is -2.08. The number of aromatic amines is 1. The van der Waals surface area contributed by atoms with Crippen LogP contribution in [-0.4, -0.2) is 4.98 Å². The Morgan fingerprint density at radius 3 is 2.59 bits per heavy atom. The molecule has 2 aromatic heterocycles. The van der Waals surface area contributed by atoms with Crippen LogP contribution < -0.4 is 5.56 Å². The van der Waals surface area contributed by atoms with Gasteiger partial charge in [-0.3, -0.25) is 4.79 Å². The molecular weight excluding hydrogens is 420 g/mol. The number of nitrogens with one attached hydrogen (secondary N) is 1. The summed E-state index contributed by atoms with van der Waals surface area (Å²) in [5, 5.41) is 11.8. The molecule has 2 aromatic carbocycles. The molecule has 0 spiro atoms. The molecule has 0 saturated heterocycles. The van der Waals surface area contributed by atoms with E-state index in [0.29, 0.717) is 11.3 Å². The molecular formula is C22H15BrN2OS. The summed E-state index contributed by atoms with van der Waals surface area (Å²) in [6, 6.07) is 20.1.